The summed E-state index contributed by atoms with van der Waals surface area (Å²) in [6.45, 7) is 5.66. The fourth-order valence-corrected chi connectivity index (χ4v) is 2.26. The van der Waals surface area contributed by atoms with E-state index in [0.717, 1.165) is 22.6 Å². The summed E-state index contributed by atoms with van der Waals surface area (Å²) in [4.78, 5) is 0. The molecule has 0 aliphatic rings. The summed E-state index contributed by atoms with van der Waals surface area (Å²) in [5.41, 5.74) is 2.02. The number of alkyl halides is 3. The molecule has 1 unspecified atom stereocenters. The Morgan fingerprint density at radius 1 is 1.17 bits per heavy atom. The van der Waals surface area contributed by atoms with Gasteiger partial charge in [0.25, 0.3) is 0 Å². The van der Waals surface area contributed by atoms with E-state index in [1.165, 1.54) is 0 Å². The molecule has 1 aromatic rings. The Hall–Kier alpha value is -0.970. The van der Waals surface area contributed by atoms with Crippen molar-refractivity contribution in [3.63, 3.8) is 0 Å². The van der Waals surface area contributed by atoms with Gasteiger partial charge in [0.05, 0.1) is 0 Å². The van der Waals surface area contributed by atoms with Gasteiger partial charge in [0.15, 0.2) is 0 Å². The lowest BCUT2D eigenvalue weighted by Crippen LogP contribution is -2.18. The molecule has 104 valence electrons. The maximum atomic E-state index is 12.1. The Morgan fingerprint density at radius 3 is 2.17 bits per heavy atom. The molecule has 18 heavy (non-hydrogen) atoms. The number of hydrogen-bond donors (Lipinski definition) is 1. The summed E-state index contributed by atoms with van der Waals surface area (Å²) in [6, 6.07) is -0.0789. The summed E-state index contributed by atoms with van der Waals surface area (Å²) in [7, 11) is 1.76. The third kappa shape index (κ3) is 3.77. The third-order valence-electron chi connectivity index (χ3n) is 3.27. The first-order valence-corrected chi connectivity index (χ1v) is 6.06. The van der Waals surface area contributed by atoms with Gasteiger partial charge in [0, 0.05) is 18.0 Å². The van der Waals surface area contributed by atoms with Gasteiger partial charge in [0.1, 0.15) is 11.5 Å². The van der Waals surface area contributed by atoms with Gasteiger partial charge >= 0.3 is 6.18 Å². The number of furan rings is 1. The lowest BCUT2D eigenvalue weighted by Gasteiger charge is -2.17. The number of halogens is 3. The van der Waals surface area contributed by atoms with Crippen molar-refractivity contribution in [3.8, 4) is 0 Å². The molecule has 0 saturated carbocycles. The summed E-state index contributed by atoms with van der Waals surface area (Å²) >= 11 is 0. The van der Waals surface area contributed by atoms with E-state index in [0.29, 0.717) is 6.42 Å². The van der Waals surface area contributed by atoms with Crippen LogP contribution in [-0.4, -0.2) is 13.2 Å². The zero-order valence-electron chi connectivity index (χ0n) is 11.2. The summed E-state index contributed by atoms with van der Waals surface area (Å²) in [5.74, 6) is 1.62. The highest BCUT2D eigenvalue weighted by Crippen LogP contribution is 2.31. The second-order valence-corrected chi connectivity index (χ2v) is 4.60. The monoisotopic (exact) mass is 263 g/mol. The van der Waals surface area contributed by atoms with Crippen molar-refractivity contribution in [1.82, 2.24) is 5.32 Å². The van der Waals surface area contributed by atoms with E-state index in [2.05, 4.69) is 5.32 Å². The van der Waals surface area contributed by atoms with E-state index in [9.17, 15) is 13.2 Å². The number of hydrogen-bond acceptors (Lipinski definition) is 2. The first-order valence-electron chi connectivity index (χ1n) is 6.06. The van der Waals surface area contributed by atoms with E-state index in [4.69, 9.17) is 4.42 Å². The van der Waals surface area contributed by atoms with Gasteiger partial charge in [-0.15, -0.1) is 0 Å². The van der Waals surface area contributed by atoms with E-state index in [1.807, 2.05) is 20.8 Å². The molecule has 5 heteroatoms. The second-order valence-electron chi connectivity index (χ2n) is 4.60. The standard InChI is InChI=1S/C13H20F3NO/c1-8-9(2)18-10(3)12(8)11(17-4)6-5-7-13(14,15)16/h11,17H,5-7H2,1-4H3. The Morgan fingerprint density at radius 2 is 1.78 bits per heavy atom. The van der Waals surface area contributed by atoms with Crippen LogP contribution in [0.5, 0.6) is 0 Å². The predicted octanol–water partition coefficient (Wildman–Crippen LogP) is 4.20. The molecule has 1 atom stereocenters. The first-order chi connectivity index (χ1) is 8.26. The minimum atomic E-state index is -4.07. The van der Waals surface area contributed by atoms with Gasteiger partial charge in [-0.3, -0.25) is 0 Å². The maximum absolute atomic E-state index is 12.1. The molecule has 1 heterocycles. The van der Waals surface area contributed by atoms with Crippen molar-refractivity contribution in [3.05, 3.63) is 22.6 Å². The summed E-state index contributed by atoms with van der Waals surface area (Å²) in [5, 5.41) is 3.07. The van der Waals surface area contributed by atoms with Gasteiger partial charge < -0.3 is 9.73 Å². The predicted molar refractivity (Wildman–Crippen MR) is 64.6 cm³/mol. The van der Waals surface area contributed by atoms with Gasteiger partial charge in [-0.05, 0) is 46.2 Å². The maximum Gasteiger partial charge on any atom is 0.389 e. The quantitative estimate of drug-likeness (QED) is 0.861. The molecule has 0 spiro atoms. The Balaban J connectivity index is 2.72. The Kier molecular flexibility index (Phi) is 4.85. The highest BCUT2D eigenvalue weighted by molar-refractivity contribution is 5.34. The number of rotatable bonds is 5. The molecule has 0 aliphatic carbocycles. The van der Waals surface area contributed by atoms with Gasteiger partial charge in [-0.25, -0.2) is 0 Å². The number of nitrogens with one attached hydrogen (secondary N) is 1. The van der Waals surface area contributed by atoms with Crippen molar-refractivity contribution < 1.29 is 17.6 Å². The molecule has 0 aromatic carbocycles. The van der Waals surface area contributed by atoms with Crippen LogP contribution in [0.3, 0.4) is 0 Å². The van der Waals surface area contributed by atoms with Crippen LogP contribution >= 0.6 is 0 Å². The normalized spacial score (nSPS) is 13.9. The highest BCUT2D eigenvalue weighted by atomic mass is 19.4. The average molecular weight is 263 g/mol. The summed E-state index contributed by atoms with van der Waals surface area (Å²) < 4.78 is 41.9. The van der Waals surface area contributed by atoms with Crippen LogP contribution in [0, 0.1) is 20.8 Å². The molecular formula is C13H20F3NO. The molecule has 2 nitrogen and oxygen atoms in total. The molecule has 1 rings (SSSR count). The molecule has 1 N–H and O–H groups in total. The lowest BCUT2D eigenvalue weighted by molar-refractivity contribution is -0.135. The SMILES string of the molecule is CNC(CCCC(F)(F)F)c1c(C)oc(C)c1C. The van der Waals surface area contributed by atoms with Gasteiger partial charge in [0.2, 0.25) is 0 Å². The smallest absolute Gasteiger partial charge is 0.389 e. The van der Waals surface area contributed by atoms with Crippen LogP contribution in [0.2, 0.25) is 0 Å². The van der Waals surface area contributed by atoms with Crippen molar-refractivity contribution >= 4 is 0 Å². The number of aryl methyl sites for hydroxylation is 2. The molecule has 0 bridgehead atoms. The highest BCUT2D eigenvalue weighted by Gasteiger charge is 2.27. The lowest BCUT2D eigenvalue weighted by atomic mass is 9.97. The zero-order valence-corrected chi connectivity index (χ0v) is 11.2. The topological polar surface area (TPSA) is 25.2 Å². The fourth-order valence-electron chi connectivity index (χ4n) is 2.26. The van der Waals surface area contributed by atoms with E-state index in [1.54, 1.807) is 7.05 Å². The molecule has 0 aliphatic heterocycles. The van der Waals surface area contributed by atoms with Crippen LogP contribution in [0.15, 0.2) is 4.42 Å². The van der Waals surface area contributed by atoms with E-state index >= 15 is 0 Å². The van der Waals surface area contributed by atoms with Crippen molar-refractivity contribution in [1.29, 1.82) is 0 Å². The van der Waals surface area contributed by atoms with Crippen LogP contribution in [-0.2, 0) is 0 Å². The van der Waals surface area contributed by atoms with Crippen LogP contribution in [0.1, 0.15) is 48.0 Å². The summed E-state index contributed by atoms with van der Waals surface area (Å²) in [6.07, 6.45) is -4.23. The minimum Gasteiger partial charge on any atom is -0.466 e. The third-order valence-corrected chi connectivity index (χ3v) is 3.27. The van der Waals surface area contributed by atoms with Crippen LogP contribution < -0.4 is 5.32 Å². The van der Waals surface area contributed by atoms with E-state index < -0.39 is 12.6 Å². The van der Waals surface area contributed by atoms with Crippen molar-refractivity contribution in [2.24, 2.45) is 0 Å². The van der Waals surface area contributed by atoms with E-state index in [-0.39, 0.29) is 12.5 Å². The molecule has 0 fully saturated rings. The van der Waals surface area contributed by atoms with Crippen molar-refractivity contribution in [2.75, 3.05) is 7.05 Å². The molecule has 0 amide bonds. The van der Waals surface area contributed by atoms with Crippen molar-refractivity contribution in [2.45, 2.75) is 52.3 Å². The minimum absolute atomic E-state index is 0.0789. The molecular weight excluding hydrogens is 243 g/mol. The fraction of sp³-hybridized carbons (Fsp3) is 0.692. The van der Waals surface area contributed by atoms with Crippen LogP contribution in [0.25, 0.3) is 0 Å². The first kappa shape index (κ1) is 15.1. The molecule has 0 saturated heterocycles. The Bertz CT molecular complexity index is 396. The average Bonchev–Trinajstić information content (AvgIpc) is 2.48. The molecule has 1 aromatic heterocycles. The molecule has 0 radical (unpaired) electrons. The van der Waals surface area contributed by atoms with Crippen LogP contribution in [0.4, 0.5) is 13.2 Å². The second kappa shape index (κ2) is 5.78. The zero-order chi connectivity index (χ0) is 13.9. The Labute approximate surface area is 106 Å². The largest absolute Gasteiger partial charge is 0.466 e. The van der Waals surface area contributed by atoms with Gasteiger partial charge in [-0.2, -0.15) is 13.2 Å². The van der Waals surface area contributed by atoms with Gasteiger partial charge in [-0.1, -0.05) is 0 Å².